The second kappa shape index (κ2) is 8.88. The van der Waals surface area contributed by atoms with E-state index in [1.165, 1.54) is 11.8 Å². The monoisotopic (exact) mass is 258 g/mol. The van der Waals surface area contributed by atoms with Gasteiger partial charge in [-0.15, -0.1) is 11.8 Å². The van der Waals surface area contributed by atoms with Gasteiger partial charge in [-0.2, -0.15) is 5.26 Å². The third-order valence-corrected chi connectivity index (χ3v) is 2.91. The minimum absolute atomic E-state index is 0.0364. The predicted molar refractivity (Wildman–Crippen MR) is 66.7 cm³/mol. The van der Waals surface area contributed by atoms with Crippen LogP contribution >= 0.6 is 11.8 Å². The second-order valence-electron chi connectivity index (χ2n) is 3.83. The fraction of sp³-hybridized carbons (Fsp3) is 0.727. The summed E-state index contributed by atoms with van der Waals surface area (Å²) in [6, 6.07) is 2.02. The van der Waals surface area contributed by atoms with Crippen LogP contribution in [0.1, 0.15) is 26.7 Å². The molecule has 96 valence electrons. The van der Waals surface area contributed by atoms with Gasteiger partial charge in [-0.05, 0) is 20.3 Å². The first kappa shape index (κ1) is 15.8. The summed E-state index contributed by atoms with van der Waals surface area (Å²) in [4.78, 5) is 23.8. The lowest BCUT2D eigenvalue weighted by molar-refractivity contribution is -0.138. The van der Waals surface area contributed by atoms with E-state index in [0.717, 1.165) is 0 Å². The van der Waals surface area contributed by atoms with Crippen LogP contribution in [0.4, 0.5) is 0 Å². The summed E-state index contributed by atoms with van der Waals surface area (Å²) in [6.07, 6.45) is 0.532. The van der Waals surface area contributed by atoms with E-state index in [9.17, 15) is 9.59 Å². The molecule has 0 saturated carbocycles. The van der Waals surface area contributed by atoms with Crippen molar-refractivity contribution < 1.29 is 14.7 Å². The van der Waals surface area contributed by atoms with Gasteiger partial charge in [0.1, 0.15) is 0 Å². The van der Waals surface area contributed by atoms with Crippen molar-refractivity contribution in [3.8, 4) is 6.07 Å². The molecular weight excluding hydrogens is 240 g/mol. The Labute approximate surface area is 106 Å². The molecule has 0 aliphatic heterocycles. The molecule has 1 N–H and O–H groups in total. The average Bonchev–Trinajstić information content (AvgIpc) is 2.23. The summed E-state index contributed by atoms with van der Waals surface area (Å²) in [5, 5.41) is 16.9. The van der Waals surface area contributed by atoms with E-state index in [-0.39, 0.29) is 24.1 Å². The average molecular weight is 258 g/mol. The van der Waals surface area contributed by atoms with Crippen LogP contribution in [0.3, 0.4) is 0 Å². The first-order valence-corrected chi connectivity index (χ1v) is 6.60. The number of amides is 1. The van der Waals surface area contributed by atoms with E-state index in [4.69, 9.17) is 10.4 Å². The second-order valence-corrected chi connectivity index (χ2v) is 4.81. The molecule has 0 atom stereocenters. The number of carboxylic acid groups (broad SMARTS) is 1. The van der Waals surface area contributed by atoms with Crippen molar-refractivity contribution in [3.05, 3.63) is 0 Å². The Morgan fingerprint density at radius 2 is 2.12 bits per heavy atom. The molecule has 0 radical (unpaired) electrons. The SMILES string of the molecule is CC(C)N(CCCC(=O)O)C(=O)CSCC#N. The zero-order valence-electron chi connectivity index (χ0n) is 10.2. The van der Waals surface area contributed by atoms with Crippen molar-refractivity contribution in [1.82, 2.24) is 4.90 Å². The van der Waals surface area contributed by atoms with Gasteiger partial charge in [-0.25, -0.2) is 0 Å². The van der Waals surface area contributed by atoms with Gasteiger partial charge >= 0.3 is 5.97 Å². The molecule has 0 unspecified atom stereocenters. The van der Waals surface area contributed by atoms with E-state index in [1.807, 2.05) is 19.9 Å². The molecule has 0 aliphatic rings. The van der Waals surface area contributed by atoms with Gasteiger partial charge in [0.15, 0.2) is 0 Å². The molecule has 0 heterocycles. The molecule has 0 aromatic carbocycles. The minimum Gasteiger partial charge on any atom is -0.481 e. The number of carbonyl (C=O) groups excluding carboxylic acids is 1. The van der Waals surface area contributed by atoms with E-state index in [1.54, 1.807) is 4.90 Å². The molecule has 17 heavy (non-hydrogen) atoms. The Morgan fingerprint density at radius 3 is 2.59 bits per heavy atom. The van der Waals surface area contributed by atoms with Crippen molar-refractivity contribution in [2.75, 3.05) is 18.1 Å². The van der Waals surface area contributed by atoms with Gasteiger partial charge in [0.25, 0.3) is 0 Å². The maximum Gasteiger partial charge on any atom is 0.303 e. The zero-order chi connectivity index (χ0) is 13.3. The Kier molecular flexibility index (Phi) is 8.24. The van der Waals surface area contributed by atoms with Crippen LogP contribution in [0.2, 0.25) is 0 Å². The van der Waals surface area contributed by atoms with Gasteiger partial charge in [0.2, 0.25) is 5.91 Å². The fourth-order valence-corrected chi connectivity index (χ4v) is 1.87. The quantitative estimate of drug-likeness (QED) is 0.664. The lowest BCUT2D eigenvalue weighted by Gasteiger charge is -2.26. The molecule has 0 rings (SSSR count). The third kappa shape index (κ3) is 7.64. The van der Waals surface area contributed by atoms with Crippen molar-refractivity contribution in [3.63, 3.8) is 0 Å². The first-order chi connectivity index (χ1) is 7.99. The largest absolute Gasteiger partial charge is 0.481 e. The number of carboxylic acids is 1. The predicted octanol–water partition coefficient (Wildman–Crippen LogP) is 1.34. The topological polar surface area (TPSA) is 81.4 Å². The van der Waals surface area contributed by atoms with E-state index < -0.39 is 5.97 Å². The summed E-state index contributed by atoms with van der Waals surface area (Å²) < 4.78 is 0. The number of nitriles is 1. The lowest BCUT2D eigenvalue weighted by Crippen LogP contribution is -2.39. The van der Waals surface area contributed by atoms with Crippen LogP contribution in [-0.4, -0.2) is 46.0 Å². The highest BCUT2D eigenvalue weighted by Gasteiger charge is 2.16. The van der Waals surface area contributed by atoms with Crippen molar-refractivity contribution in [2.24, 2.45) is 0 Å². The van der Waals surface area contributed by atoms with Crippen molar-refractivity contribution in [2.45, 2.75) is 32.7 Å². The first-order valence-electron chi connectivity index (χ1n) is 5.45. The Bertz CT molecular complexity index is 300. The number of nitrogens with zero attached hydrogens (tertiary/aromatic N) is 2. The summed E-state index contributed by atoms with van der Waals surface area (Å²) in [6.45, 7) is 4.25. The molecular formula is C11H18N2O3S. The van der Waals surface area contributed by atoms with Crippen molar-refractivity contribution in [1.29, 1.82) is 5.26 Å². The number of carbonyl (C=O) groups is 2. The molecule has 0 fully saturated rings. The van der Waals surface area contributed by atoms with Crippen LogP contribution in [0.5, 0.6) is 0 Å². The molecule has 0 aromatic rings. The molecule has 0 aromatic heterocycles. The number of hydrogen-bond acceptors (Lipinski definition) is 4. The molecule has 0 bridgehead atoms. The van der Waals surface area contributed by atoms with Gasteiger partial charge in [0, 0.05) is 19.0 Å². The summed E-state index contributed by atoms with van der Waals surface area (Å²) in [7, 11) is 0. The molecule has 5 nitrogen and oxygen atoms in total. The Hall–Kier alpha value is -1.22. The molecule has 0 aliphatic carbocycles. The van der Waals surface area contributed by atoms with Crippen LogP contribution in [0.15, 0.2) is 0 Å². The van der Waals surface area contributed by atoms with Gasteiger partial charge in [-0.1, -0.05) is 0 Å². The maximum atomic E-state index is 11.8. The number of thioether (sulfide) groups is 1. The smallest absolute Gasteiger partial charge is 0.303 e. The van der Waals surface area contributed by atoms with Gasteiger partial charge < -0.3 is 10.0 Å². The Morgan fingerprint density at radius 1 is 1.47 bits per heavy atom. The standard InChI is InChI=1S/C11H18N2O3S/c1-9(2)13(6-3-4-11(15)16)10(14)8-17-7-5-12/h9H,3-4,6-8H2,1-2H3,(H,15,16). The number of aliphatic carboxylic acids is 1. The molecule has 6 heteroatoms. The minimum atomic E-state index is -0.847. The van der Waals surface area contributed by atoms with E-state index >= 15 is 0 Å². The fourth-order valence-electron chi connectivity index (χ4n) is 1.34. The summed E-state index contributed by atoms with van der Waals surface area (Å²) >= 11 is 1.28. The van der Waals surface area contributed by atoms with E-state index in [2.05, 4.69) is 0 Å². The maximum absolute atomic E-state index is 11.8. The zero-order valence-corrected chi connectivity index (χ0v) is 11.0. The molecule has 0 spiro atoms. The molecule has 1 amide bonds. The van der Waals surface area contributed by atoms with Crippen LogP contribution in [-0.2, 0) is 9.59 Å². The lowest BCUT2D eigenvalue weighted by atomic mass is 10.2. The third-order valence-electron chi connectivity index (χ3n) is 2.13. The summed E-state index contributed by atoms with van der Waals surface area (Å²) in [5.74, 6) is -0.309. The van der Waals surface area contributed by atoms with Crippen LogP contribution in [0.25, 0.3) is 0 Å². The van der Waals surface area contributed by atoms with Crippen LogP contribution in [0, 0.1) is 11.3 Å². The normalized spacial score (nSPS) is 10.0. The van der Waals surface area contributed by atoms with E-state index in [0.29, 0.717) is 18.7 Å². The van der Waals surface area contributed by atoms with Crippen LogP contribution < -0.4 is 0 Å². The highest BCUT2D eigenvalue weighted by molar-refractivity contribution is 8.00. The van der Waals surface area contributed by atoms with Crippen molar-refractivity contribution >= 4 is 23.6 Å². The van der Waals surface area contributed by atoms with Gasteiger partial charge in [-0.3, -0.25) is 9.59 Å². The highest BCUT2D eigenvalue weighted by Crippen LogP contribution is 2.07. The highest BCUT2D eigenvalue weighted by atomic mass is 32.2. The van der Waals surface area contributed by atoms with Gasteiger partial charge in [0.05, 0.1) is 17.6 Å². The number of rotatable bonds is 8. The number of hydrogen-bond donors (Lipinski definition) is 1. The summed E-state index contributed by atoms with van der Waals surface area (Å²) in [5.41, 5.74) is 0. The Balaban J connectivity index is 4.08. The molecule has 0 saturated heterocycles.